The van der Waals surface area contributed by atoms with Gasteiger partial charge in [-0.1, -0.05) is 30.4 Å². The molecule has 1 nitrogen and oxygen atoms in total. The van der Waals surface area contributed by atoms with Gasteiger partial charge in [0.15, 0.2) is 0 Å². The zero-order chi connectivity index (χ0) is 12.7. The number of rotatable bonds is 5. The number of thioether (sulfide) groups is 1. The largest absolute Gasteiger partial charge is 0.264 e. The van der Waals surface area contributed by atoms with E-state index in [1.807, 2.05) is 19.3 Å². The molecule has 0 aliphatic carbocycles. The van der Waals surface area contributed by atoms with E-state index < -0.39 is 0 Å². The second kappa shape index (κ2) is 7.13. The molecule has 0 atom stereocenters. The highest BCUT2D eigenvalue weighted by atomic mass is 32.2. The molecule has 1 heterocycles. The number of allylic oxidation sites excluding steroid dienone is 5. The summed E-state index contributed by atoms with van der Waals surface area (Å²) >= 11 is 1.76. The van der Waals surface area contributed by atoms with E-state index in [1.54, 1.807) is 11.8 Å². The van der Waals surface area contributed by atoms with Crippen LogP contribution < -0.4 is 0 Å². The van der Waals surface area contributed by atoms with Crippen LogP contribution in [-0.4, -0.2) is 11.2 Å². The fourth-order valence-electron chi connectivity index (χ4n) is 1.32. The molecule has 2 heteroatoms. The molecule has 0 bridgehead atoms. The minimum absolute atomic E-state index is 0.921. The average Bonchev–Trinajstić information content (AvgIpc) is 2.34. The van der Waals surface area contributed by atoms with Gasteiger partial charge in [-0.05, 0) is 43.7 Å². The SMILES string of the molecule is C=C(C)/C(C)=C\C=C/Cc1cnccc1SC. The van der Waals surface area contributed by atoms with Crippen molar-refractivity contribution < 1.29 is 0 Å². The Labute approximate surface area is 108 Å². The van der Waals surface area contributed by atoms with Crippen LogP contribution in [0.5, 0.6) is 0 Å². The summed E-state index contributed by atoms with van der Waals surface area (Å²) < 4.78 is 0. The van der Waals surface area contributed by atoms with Gasteiger partial charge in [0.05, 0.1) is 0 Å². The van der Waals surface area contributed by atoms with E-state index in [2.05, 4.69) is 49.0 Å². The molecule has 90 valence electrons. The molecule has 0 spiro atoms. The van der Waals surface area contributed by atoms with E-state index in [4.69, 9.17) is 0 Å². The first-order chi connectivity index (χ1) is 8.15. The molecule has 17 heavy (non-hydrogen) atoms. The maximum atomic E-state index is 4.16. The van der Waals surface area contributed by atoms with E-state index >= 15 is 0 Å². The molecule has 0 unspecified atom stereocenters. The van der Waals surface area contributed by atoms with Gasteiger partial charge in [-0.2, -0.15) is 0 Å². The molecule has 1 aromatic rings. The van der Waals surface area contributed by atoms with Crippen LogP contribution in [0.1, 0.15) is 19.4 Å². The second-order valence-corrected chi connectivity index (χ2v) is 4.80. The van der Waals surface area contributed by atoms with Crippen molar-refractivity contribution in [2.75, 3.05) is 6.26 Å². The number of aromatic nitrogens is 1. The van der Waals surface area contributed by atoms with Crippen molar-refractivity contribution >= 4 is 11.8 Å². The Bertz CT molecular complexity index is 444. The Morgan fingerprint density at radius 3 is 2.88 bits per heavy atom. The molecule has 0 fully saturated rings. The average molecular weight is 245 g/mol. The van der Waals surface area contributed by atoms with Crippen molar-refractivity contribution in [3.05, 3.63) is 60.0 Å². The summed E-state index contributed by atoms with van der Waals surface area (Å²) in [4.78, 5) is 5.46. The molecule has 0 amide bonds. The third-order valence-electron chi connectivity index (χ3n) is 2.57. The fraction of sp³-hybridized carbons (Fsp3) is 0.267. The Morgan fingerprint density at radius 1 is 1.47 bits per heavy atom. The number of pyridine rings is 1. The van der Waals surface area contributed by atoms with Gasteiger partial charge in [0.1, 0.15) is 0 Å². The zero-order valence-corrected chi connectivity index (χ0v) is 11.6. The third-order valence-corrected chi connectivity index (χ3v) is 3.41. The number of hydrogen-bond donors (Lipinski definition) is 0. The molecule has 0 aromatic carbocycles. The van der Waals surface area contributed by atoms with Gasteiger partial charge in [0.2, 0.25) is 0 Å². The Balaban J connectivity index is 2.64. The first-order valence-corrected chi connectivity index (χ1v) is 6.83. The lowest BCUT2D eigenvalue weighted by atomic mass is 10.1. The summed E-state index contributed by atoms with van der Waals surface area (Å²) in [7, 11) is 0. The molecule has 1 rings (SSSR count). The first kappa shape index (κ1) is 13.8. The highest BCUT2D eigenvalue weighted by Gasteiger charge is 1.97. The van der Waals surface area contributed by atoms with Crippen LogP contribution in [0.2, 0.25) is 0 Å². The molecule has 0 aliphatic heterocycles. The molecule has 1 aromatic heterocycles. The van der Waals surface area contributed by atoms with Crippen molar-refractivity contribution in [3.63, 3.8) is 0 Å². The number of nitrogens with zero attached hydrogens (tertiary/aromatic N) is 1. The maximum Gasteiger partial charge on any atom is 0.0314 e. The van der Waals surface area contributed by atoms with Crippen LogP contribution in [0.3, 0.4) is 0 Å². The van der Waals surface area contributed by atoms with E-state index in [0.717, 1.165) is 12.0 Å². The summed E-state index contributed by atoms with van der Waals surface area (Å²) in [6.45, 7) is 8.00. The smallest absolute Gasteiger partial charge is 0.0314 e. The van der Waals surface area contributed by atoms with Gasteiger partial charge in [-0.3, -0.25) is 4.98 Å². The lowest BCUT2D eigenvalue weighted by molar-refractivity contribution is 1.11. The van der Waals surface area contributed by atoms with E-state index in [9.17, 15) is 0 Å². The van der Waals surface area contributed by atoms with Crippen molar-refractivity contribution in [1.29, 1.82) is 0 Å². The minimum Gasteiger partial charge on any atom is -0.264 e. The maximum absolute atomic E-state index is 4.16. The van der Waals surface area contributed by atoms with Crippen LogP contribution in [-0.2, 0) is 6.42 Å². The van der Waals surface area contributed by atoms with Crippen molar-refractivity contribution in [1.82, 2.24) is 4.98 Å². The van der Waals surface area contributed by atoms with Crippen LogP contribution in [0.25, 0.3) is 0 Å². The van der Waals surface area contributed by atoms with Gasteiger partial charge in [0.25, 0.3) is 0 Å². The lowest BCUT2D eigenvalue weighted by Gasteiger charge is -2.02. The summed E-state index contributed by atoms with van der Waals surface area (Å²) in [6, 6.07) is 2.06. The third kappa shape index (κ3) is 4.61. The van der Waals surface area contributed by atoms with Gasteiger partial charge < -0.3 is 0 Å². The van der Waals surface area contributed by atoms with Crippen molar-refractivity contribution in [2.45, 2.75) is 25.2 Å². The molecule has 0 saturated heterocycles. The minimum atomic E-state index is 0.921. The predicted octanol–water partition coefficient (Wildman–Crippen LogP) is 4.42. The first-order valence-electron chi connectivity index (χ1n) is 5.61. The van der Waals surface area contributed by atoms with Crippen molar-refractivity contribution in [2.24, 2.45) is 0 Å². The monoisotopic (exact) mass is 245 g/mol. The molecule has 0 aliphatic rings. The van der Waals surface area contributed by atoms with E-state index in [0.29, 0.717) is 0 Å². The zero-order valence-electron chi connectivity index (χ0n) is 10.7. The molecular weight excluding hydrogens is 226 g/mol. The van der Waals surface area contributed by atoms with E-state index in [1.165, 1.54) is 16.0 Å². The summed E-state index contributed by atoms with van der Waals surface area (Å²) in [5, 5.41) is 0. The normalized spacial score (nSPS) is 12.1. The fourth-order valence-corrected chi connectivity index (χ4v) is 1.91. The summed E-state index contributed by atoms with van der Waals surface area (Å²) in [5.74, 6) is 0. The van der Waals surface area contributed by atoms with Gasteiger partial charge >= 0.3 is 0 Å². The molecule has 0 saturated carbocycles. The quantitative estimate of drug-likeness (QED) is 0.562. The molecule has 0 N–H and O–H groups in total. The van der Waals surface area contributed by atoms with E-state index in [-0.39, 0.29) is 0 Å². The topological polar surface area (TPSA) is 12.9 Å². The standard InChI is InChI=1S/C15H19NS/c1-12(2)13(3)7-5-6-8-14-11-16-10-9-15(14)17-4/h5-7,9-11H,1,8H2,2-4H3/b6-5-,13-7-. The number of hydrogen-bond acceptors (Lipinski definition) is 2. The van der Waals surface area contributed by atoms with Crippen LogP contribution in [0.4, 0.5) is 0 Å². The predicted molar refractivity (Wildman–Crippen MR) is 77.4 cm³/mol. The van der Waals surface area contributed by atoms with Crippen LogP contribution >= 0.6 is 11.8 Å². The van der Waals surface area contributed by atoms with Crippen LogP contribution in [0.15, 0.2) is 59.3 Å². The second-order valence-electron chi connectivity index (χ2n) is 3.95. The lowest BCUT2D eigenvalue weighted by Crippen LogP contribution is -1.86. The Hall–Kier alpha value is -1.28. The Morgan fingerprint density at radius 2 is 2.24 bits per heavy atom. The van der Waals surface area contributed by atoms with Crippen molar-refractivity contribution in [3.8, 4) is 0 Å². The van der Waals surface area contributed by atoms with Gasteiger partial charge in [0, 0.05) is 17.3 Å². The van der Waals surface area contributed by atoms with Crippen LogP contribution in [0, 0.1) is 0 Å². The van der Waals surface area contributed by atoms with Gasteiger partial charge in [-0.15, -0.1) is 11.8 Å². The molecule has 0 radical (unpaired) electrons. The Kier molecular flexibility index (Phi) is 5.78. The molecular formula is C15H19NS. The highest BCUT2D eigenvalue weighted by Crippen LogP contribution is 2.19. The summed E-state index contributed by atoms with van der Waals surface area (Å²) in [6.07, 6.45) is 13.1. The highest BCUT2D eigenvalue weighted by molar-refractivity contribution is 7.98. The summed E-state index contributed by atoms with van der Waals surface area (Å²) in [5.41, 5.74) is 3.61. The van der Waals surface area contributed by atoms with Gasteiger partial charge in [-0.25, -0.2) is 0 Å².